The van der Waals surface area contributed by atoms with Crippen LogP contribution >= 0.6 is 27.5 Å². The van der Waals surface area contributed by atoms with E-state index in [1.807, 2.05) is 36.4 Å². The predicted octanol–water partition coefficient (Wildman–Crippen LogP) is 3.48. The Hall–Kier alpha value is -1.36. The highest BCUT2D eigenvalue weighted by molar-refractivity contribution is 9.10. The lowest BCUT2D eigenvalue weighted by Gasteiger charge is -2.37. The van der Waals surface area contributed by atoms with E-state index in [9.17, 15) is 4.79 Å². The lowest BCUT2D eigenvalue weighted by molar-refractivity contribution is -0.913. The number of quaternary nitrogens is 1. The average molecular weight is 409 g/mol. The van der Waals surface area contributed by atoms with Gasteiger partial charge in [0.05, 0.1) is 19.0 Å². The van der Waals surface area contributed by atoms with Crippen molar-refractivity contribution in [3.63, 3.8) is 0 Å². The molecule has 2 aromatic carbocycles. The fourth-order valence-electron chi connectivity index (χ4n) is 3.63. The number of halogens is 2. The third kappa shape index (κ3) is 3.10. The van der Waals surface area contributed by atoms with Crippen LogP contribution in [0.2, 0.25) is 5.02 Å². The molecule has 2 N–H and O–H groups in total. The van der Waals surface area contributed by atoms with Gasteiger partial charge in [-0.3, -0.25) is 4.79 Å². The molecule has 2 aromatic rings. The molecule has 1 heterocycles. The number of likely N-dealkylation sites (N-methyl/N-ethyl adjacent to an activating group) is 1. The molecule has 24 heavy (non-hydrogen) atoms. The largest absolute Gasteiger partial charge is 0.324 e. The summed E-state index contributed by atoms with van der Waals surface area (Å²) in [5.41, 5.74) is 3.00. The highest BCUT2D eigenvalue weighted by Gasteiger charge is 2.43. The standard InChI is InChI=1S/C19H20BrClN2O/c1-3-23(4-2)18-17(13-7-5-6-8-15(13)21)14-11-12(20)9-10-16(14)22-19(18)24/h5-11,17-18H,3-4H2,1-2H3,(H,22,24)/p+1/t17-,18-/m1/s1. The molecule has 0 fully saturated rings. The molecule has 0 aliphatic carbocycles. The van der Waals surface area contributed by atoms with Gasteiger partial charge in [-0.05, 0) is 49.2 Å². The molecular weight excluding hydrogens is 388 g/mol. The summed E-state index contributed by atoms with van der Waals surface area (Å²) in [6, 6.07) is 13.7. The summed E-state index contributed by atoms with van der Waals surface area (Å²) in [6.45, 7) is 6.01. The number of hydrogen-bond donors (Lipinski definition) is 2. The third-order valence-electron chi connectivity index (χ3n) is 4.81. The van der Waals surface area contributed by atoms with Crippen molar-refractivity contribution in [1.29, 1.82) is 0 Å². The minimum absolute atomic E-state index is 0.0603. The van der Waals surface area contributed by atoms with Gasteiger partial charge in [0.2, 0.25) is 0 Å². The van der Waals surface area contributed by atoms with Crippen LogP contribution in [0.25, 0.3) is 0 Å². The molecule has 0 radical (unpaired) electrons. The van der Waals surface area contributed by atoms with Gasteiger partial charge in [0.1, 0.15) is 0 Å². The normalized spacial score (nSPS) is 20.0. The number of hydrogen-bond acceptors (Lipinski definition) is 1. The molecule has 3 nitrogen and oxygen atoms in total. The Kier molecular flexibility index (Phi) is 5.28. The van der Waals surface area contributed by atoms with E-state index in [4.69, 9.17) is 11.6 Å². The third-order valence-corrected chi connectivity index (χ3v) is 5.65. The van der Waals surface area contributed by atoms with Gasteiger partial charge in [0, 0.05) is 15.2 Å². The van der Waals surface area contributed by atoms with Crippen molar-refractivity contribution in [2.75, 3.05) is 18.4 Å². The molecule has 0 bridgehead atoms. The SMILES string of the molecule is CC[NH+](CC)[C@H]1C(=O)Nc2ccc(Br)cc2[C@H]1c1ccccc1Cl. The number of carbonyl (C=O) groups excluding carboxylic acids is 1. The molecule has 5 heteroatoms. The quantitative estimate of drug-likeness (QED) is 0.798. The lowest BCUT2D eigenvalue weighted by atomic mass is 9.80. The highest BCUT2D eigenvalue weighted by Crippen LogP contribution is 2.40. The summed E-state index contributed by atoms with van der Waals surface area (Å²) < 4.78 is 1.00. The summed E-state index contributed by atoms with van der Waals surface area (Å²) in [6.07, 6.45) is 0. The fraction of sp³-hybridized carbons (Fsp3) is 0.316. The fourth-order valence-corrected chi connectivity index (χ4v) is 4.26. The van der Waals surface area contributed by atoms with Crippen LogP contribution in [0.4, 0.5) is 5.69 Å². The molecule has 0 spiro atoms. The zero-order chi connectivity index (χ0) is 17.3. The topological polar surface area (TPSA) is 33.5 Å². The number of carbonyl (C=O) groups is 1. The molecule has 126 valence electrons. The molecule has 1 amide bonds. The molecule has 3 rings (SSSR count). The Balaban J connectivity index is 2.22. The smallest absolute Gasteiger partial charge is 0.283 e. The van der Waals surface area contributed by atoms with E-state index in [1.54, 1.807) is 0 Å². The Morgan fingerprint density at radius 3 is 2.50 bits per heavy atom. The van der Waals surface area contributed by atoms with E-state index in [0.29, 0.717) is 5.02 Å². The lowest BCUT2D eigenvalue weighted by Crippen LogP contribution is -3.17. The van der Waals surface area contributed by atoms with Crippen molar-refractivity contribution in [1.82, 2.24) is 0 Å². The second-order valence-corrected chi connectivity index (χ2v) is 7.39. The maximum atomic E-state index is 12.9. The van der Waals surface area contributed by atoms with Crippen molar-refractivity contribution < 1.29 is 9.69 Å². The molecule has 2 atom stereocenters. The van der Waals surface area contributed by atoms with Crippen LogP contribution in [0, 0.1) is 0 Å². The molecule has 1 aliphatic heterocycles. The molecule has 1 aliphatic rings. The predicted molar refractivity (Wildman–Crippen MR) is 102 cm³/mol. The van der Waals surface area contributed by atoms with Crippen LogP contribution in [0.5, 0.6) is 0 Å². The van der Waals surface area contributed by atoms with Crippen LogP contribution in [0.1, 0.15) is 30.9 Å². The summed E-state index contributed by atoms with van der Waals surface area (Å²) >= 11 is 10.1. The second-order valence-electron chi connectivity index (χ2n) is 6.06. The maximum absolute atomic E-state index is 12.9. The van der Waals surface area contributed by atoms with Gasteiger partial charge in [-0.15, -0.1) is 0 Å². The van der Waals surface area contributed by atoms with Gasteiger partial charge < -0.3 is 10.2 Å². The Morgan fingerprint density at radius 1 is 1.12 bits per heavy atom. The summed E-state index contributed by atoms with van der Waals surface area (Å²) in [7, 11) is 0. The molecular formula is C19H21BrClN2O+. The zero-order valence-corrected chi connectivity index (χ0v) is 16.1. The van der Waals surface area contributed by atoms with E-state index in [2.05, 4.69) is 41.2 Å². The second kappa shape index (κ2) is 7.26. The van der Waals surface area contributed by atoms with Crippen LogP contribution < -0.4 is 10.2 Å². The summed E-state index contributed by atoms with van der Waals surface area (Å²) in [4.78, 5) is 14.2. The monoisotopic (exact) mass is 407 g/mol. The molecule has 0 saturated carbocycles. The van der Waals surface area contributed by atoms with E-state index >= 15 is 0 Å². The van der Waals surface area contributed by atoms with Crippen LogP contribution in [0.3, 0.4) is 0 Å². The van der Waals surface area contributed by atoms with Crippen molar-refractivity contribution >= 4 is 39.1 Å². The van der Waals surface area contributed by atoms with Crippen molar-refractivity contribution in [2.24, 2.45) is 0 Å². The number of fused-ring (bicyclic) bond motifs is 1. The first-order valence-corrected chi connectivity index (χ1v) is 9.43. The zero-order valence-electron chi connectivity index (χ0n) is 13.8. The van der Waals surface area contributed by atoms with Crippen molar-refractivity contribution in [3.05, 3.63) is 63.1 Å². The number of nitrogens with one attached hydrogen (secondary N) is 2. The Bertz CT molecular complexity index is 761. The number of rotatable bonds is 4. The van der Waals surface area contributed by atoms with Crippen molar-refractivity contribution in [3.8, 4) is 0 Å². The summed E-state index contributed by atoms with van der Waals surface area (Å²) in [5, 5.41) is 3.79. The first kappa shape index (κ1) is 17.5. The minimum atomic E-state index is -0.193. The Morgan fingerprint density at radius 2 is 1.83 bits per heavy atom. The van der Waals surface area contributed by atoms with Gasteiger partial charge in [0.15, 0.2) is 6.04 Å². The Labute approximate surface area is 156 Å². The van der Waals surface area contributed by atoms with Crippen LogP contribution in [-0.2, 0) is 4.79 Å². The van der Waals surface area contributed by atoms with Crippen molar-refractivity contribution in [2.45, 2.75) is 25.8 Å². The number of benzene rings is 2. The molecule has 0 aromatic heterocycles. The minimum Gasteiger partial charge on any atom is -0.324 e. The van der Waals surface area contributed by atoms with Gasteiger partial charge in [-0.2, -0.15) is 0 Å². The first-order chi connectivity index (χ1) is 11.6. The maximum Gasteiger partial charge on any atom is 0.283 e. The van der Waals surface area contributed by atoms with Crippen LogP contribution in [0.15, 0.2) is 46.9 Å². The van der Waals surface area contributed by atoms with E-state index in [0.717, 1.165) is 34.4 Å². The number of amides is 1. The van der Waals surface area contributed by atoms with Gasteiger partial charge >= 0.3 is 0 Å². The van der Waals surface area contributed by atoms with Gasteiger partial charge in [-0.1, -0.05) is 45.7 Å². The van der Waals surface area contributed by atoms with Crippen LogP contribution in [-0.4, -0.2) is 25.0 Å². The van der Waals surface area contributed by atoms with E-state index < -0.39 is 0 Å². The summed E-state index contributed by atoms with van der Waals surface area (Å²) in [5.74, 6) is 0.00305. The van der Waals surface area contributed by atoms with E-state index in [1.165, 1.54) is 4.90 Å². The first-order valence-electron chi connectivity index (χ1n) is 8.26. The average Bonchev–Trinajstić information content (AvgIpc) is 2.57. The molecule has 0 unspecified atom stereocenters. The molecule has 0 saturated heterocycles. The van der Waals surface area contributed by atoms with Gasteiger partial charge in [-0.25, -0.2) is 0 Å². The van der Waals surface area contributed by atoms with E-state index in [-0.39, 0.29) is 17.9 Å². The number of anilines is 1. The van der Waals surface area contributed by atoms with Gasteiger partial charge in [0.25, 0.3) is 5.91 Å². The highest BCUT2D eigenvalue weighted by atomic mass is 79.9.